The number of amides is 2. The van der Waals surface area contributed by atoms with E-state index in [1.54, 1.807) is 26.0 Å². The van der Waals surface area contributed by atoms with Gasteiger partial charge in [0, 0.05) is 30.4 Å². The molecule has 0 aliphatic heterocycles. The van der Waals surface area contributed by atoms with Crippen molar-refractivity contribution in [3.63, 3.8) is 0 Å². The number of nitrogens with zero attached hydrogens (tertiary/aromatic N) is 6. The lowest BCUT2D eigenvalue weighted by atomic mass is 9.78. The quantitative estimate of drug-likeness (QED) is 0.469. The number of ether oxygens (including phenoxy) is 1. The van der Waals surface area contributed by atoms with E-state index in [9.17, 15) is 14.0 Å². The molecule has 0 fully saturated rings. The first-order chi connectivity index (χ1) is 17.2. The molecule has 2 amide bonds. The number of pyridine rings is 2. The molecule has 0 radical (unpaired) electrons. The molecule has 0 saturated heterocycles. The lowest BCUT2D eigenvalue weighted by molar-refractivity contribution is -0.119. The summed E-state index contributed by atoms with van der Waals surface area (Å²) in [5, 5.41) is 22.0. The van der Waals surface area contributed by atoms with Gasteiger partial charge in [-0.1, -0.05) is 22.9 Å². The summed E-state index contributed by atoms with van der Waals surface area (Å²) in [7, 11) is 1.53. The zero-order valence-corrected chi connectivity index (χ0v) is 20.2. The van der Waals surface area contributed by atoms with Gasteiger partial charge in [-0.25, -0.2) is 18.9 Å². The molecule has 13 heteroatoms. The molecule has 1 aliphatic rings. The predicted octanol–water partition coefficient (Wildman–Crippen LogP) is 4.17. The Hall–Kier alpha value is -4.37. The van der Waals surface area contributed by atoms with Gasteiger partial charge in [-0.2, -0.15) is 5.26 Å². The lowest BCUT2D eigenvalue weighted by Gasteiger charge is -2.26. The van der Waals surface area contributed by atoms with Crippen LogP contribution in [0.3, 0.4) is 0 Å². The van der Waals surface area contributed by atoms with E-state index < -0.39 is 29.8 Å². The number of halogens is 2. The fourth-order valence-electron chi connectivity index (χ4n) is 3.61. The largest absolute Gasteiger partial charge is 0.441 e. The predicted molar refractivity (Wildman–Crippen MR) is 127 cm³/mol. The van der Waals surface area contributed by atoms with Gasteiger partial charge < -0.3 is 10.1 Å². The topological polar surface area (TPSA) is 148 Å². The minimum Gasteiger partial charge on any atom is -0.441 e. The highest BCUT2D eigenvalue weighted by molar-refractivity contribution is 6.30. The van der Waals surface area contributed by atoms with Gasteiger partial charge in [0.1, 0.15) is 11.3 Å². The number of hydrogen-bond acceptors (Lipinski definition) is 8. The van der Waals surface area contributed by atoms with E-state index >= 15 is 0 Å². The maximum Gasteiger partial charge on any atom is 0.413 e. The summed E-state index contributed by atoms with van der Waals surface area (Å²) in [6, 6.07) is 6.45. The van der Waals surface area contributed by atoms with E-state index in [-0.39, 0.29) is 28.0 Å². The van der Waals surface area contributed by atoms with Gasteiger partial charge in [0.25, 0.3) is 0 Å². The number of carbonyl (C=O) groups excluding carboxylic acids is 2. The first-order valence-electron chi connectivity index (χ1n) is 10.7. The first kappa shape index (κ1) is 24.7. The van der Waals surface area contributed by atoms with Crippen LogP contribution in [0.4, 0.5) is 20.7 Å². The molecule has 3 heterocycles. The lowest BCUT2D eigenvalue weighted by Crippen LogP contribution is -2.30. The van der Waals surface area contributed by atoms with Gasteiger partial charge in [-0.15, -0.1) is 5.10 Å². The summed E-state index contributed by atoms with van der Waals surface area (Å²) < 4.78 is 21.5. The number of aromatic nitrogens is 5. The molecule has 2 atom stereocenters. The van der Waals surface area contributed by atoms with Crippen LogP contribution >= 0.6 is 11.6 Å². The van der Waals surface area contributed by atoms with Crippen molar-refractivity contribution in [2.24, 2.45) is 13.0 Å². The Bertz CT molecular complexity index is 1430. The molecule has 11 nitrogen and oxygen atoms in total. The maximum atomic E-state index is 14.8. The zero-order valence-electron chi connectivity index (χ0n) is 19.4. The van der Waals surface area contributed by atoms with Crippen molar-refractivity contribution >= 4 is 35.1 Å². The van der Waals surface area contributed by atoms with Gasteiger partial charge >= 0.3 is 6.09 Å². The number of allylic oxidation sites excluding steroid dienone is 1. The molecule has 1 aliphatic carbocycles. The highest BCUT2D eigenvalue weighted by Gasteiger charge is 2.32. The third kappa shape index (κ3) is 4.87. The van der Waals surface area contributed by atoms with Crippen molar-refractivity contribution in [1.82, 2.24) is 25.0 Å². The molecule has 0 aromatic carbocycles. The number of hydrogen-bond donors (Lipinski definition) is 2. The molecule has 2 N–H and O–H groups in total. The van der Waals surface area contributed by atoms with Crippen molar-refractivity contribution in [2.75, 3.05) is 10.6 Å². The molecule has 0 bridgehead atoms. The molecule has 4 rings (SSSR count). The average molecular weight is 511 g/mol. The smallest absolute Gasteiger partial charge is 0.413 e. The minimum atomic E-state index is -0.820. The normalized spacial score (nSPS) is 15.5. The highest BCUT2D eigenvalue weighted by atomic mass is 35.5. The second kappa shape index (κ2) is 10.1. The maximum absolute atomic E-state index is 14.8. The van der Waals surface area contributed by atoms with Crippen LogP contribution in [0, 0.1) is 23.1 Å². The van der Waals surface area contributed by atoms with E-state index in [1.165, 1.54) is 17.9 Å². The number of rotatable bonds is 6. The van der Waals surface area contributed by atoms with Gasteiger partial charge in [-0.3, -0.25) is 15.1 Å². The van der Waals surface area contributed by atoms with Gasteiger partial charge in [0.15, 0.2) is 17.3 Å². The van der Waals surface area contributed by atoms with Crippen molar-refractivity contribution in [1.29, 1.82) is 5.26 Å². The molecule has 0 saturated carbocycles. The van der Waals surface area contributed by atoms with Crippen LogP contribution in [-0.2, 0) is 16.6 Å². The second-order valence-electron chi connectivity index (χ2n) is 8.03. The Morgan fingerprint density at radius 3 is 2.81 bits per heavy atom. The van der Waals surface area contributed by atoms with Crippen LogP contribution in [0.15, 0.2) is 41.7 Å². The molecular formula is C23H20ClFN8O3. The summed E-state index contributed by atoms with van der Waals surface area (Å²) in [6.45, 7) is 3.33. The fraction of sp³-hybridized carbons (Fsp3) is 0.261. The fourth-order valence-corrected chi connectivity index (χ4v) is 3.89. The Balaban J connectivity index is 1.47. The van der Waals surface area contributed by atoms with E-state index in [2.05, 4.69) is 30.9 Å². The van der Waals surface area contributed by atoms with Crippen molar-refractivity contribution in [2.45, 2.75) is 26.4 Å². The summed E-state index contributed by atoms with van der Waals surface area (Å²) >= 11 is 6.05. The van der Waals surface area contributed by atoms with Crippen LogP contribution in [0.25, 0.3) is 11.4 Å². The monoisotopic (exact) mass is 510 g/mol. The Morgan fingerprint density at radius 2 is 2.14 bits per heavy atom. The van der Waals surface area contributed by atoms with E-state index in [0.717, 1.165) is 12.3 Å². The Labute approximate surface area is 209 Å². The summed E-state index contributed by atoms with van der Waals surface area (Å²) in [5.41, 5.74) is 1.79. The van der Waals surface area contributed by atoms with E-state index in [0.29, 0.717) is 23.1 Å². The van der Waals surface area contributed by atoms with E-state index in [4.69, 9.17) is 21.6 Å². The highest BCUT2D eigenvalue weighted by Crippen LogP contribution is 2.35. The molecule has 3 aromatic rings. The van der Waals surface area contributed by atoms with Gasteiger partial charge in [-0.05, 0) is 31.9 Å². The third-order valence-corrected chi connectivity index (χ3v) is 6.09. The minimum absolute atomic E-state index is 0.0729. The standard InChI is InChI=1S/C23H20ClFN8O3/c1-11-13(9-26)7-15(11)22(34)29-18-10-28-17(8-16(18)25)19-21(33(3)32-31-19)30-23(35)36-12(2)14-5-4-6-27-20(14)24/h4-6,8,10,12,15H,7H2,1-3H3,(H,29,34)(H,30,35). The van der Waals surface area contributed by atoms with Crippen molar-refractivity contribution in [3.8, 4) is 17.5 Å². The van der Waals surface area contributed by atoms with Gasteiger partial charge in [0.2, 0.25) is 5.91 Å². The molecular weight excluding hydrogens is 491 g/mol. The number of aryl methyl sites for hydroxylation is 1. The summed E-state index contributed by atoms with van der Waals surface area (Å²) in [4.78, 5) is 33.1. The number of carbonyl (C=O) groups is 2. The molecule has 36 heavy (non-hydrogen) atoms. The summed E-state index contributed by atoms with van der Waals surface area (Å²) in [5.74, 6) is -1.54. The number of anilines is 2. The molecule has 2 unspecified atom stereocenters. The molecule has 184 valence electrons. The van der Waals surface area contributed by atoms with Crippen molar-refractivity contribution in [3.05, 3.63) is 58.3 Å². The van der Waals surface area contributed by atoms with Crippen molar-refractivity contribution < 1.29 is 18.7 Å². The van der Waals surface area contributed by atoms with Crippen LogP contribution in [-0.4, -0.2) is 37.0 Å². The SMILES string of the molecule is CC1=C(C#N)CC1C(=O)Nc1cnc(-c2nnn(C)c2NC(=O)OC(C)c2cccnc2Cl)cc1F. The average Bonchev–Trinajstić information content (AvgIpc) is 3.19. The summed E-state index contributed by atoms with van der Waals surface area (Å²) in [6.07, 6.45) is 1.46. The third-order valence-electron chi connectivity index (χ3n) is 5.77. The van der Waals surface area contributed by atoms with Crippen LogP contribution < -0.4 is 10.6 Å². The van der Waals surface area contributed by atoms with Gasteiger partial charge in [0.05, 0.1) is 29.6 Å². The Kier molecular flexibility index (Phi) is 6.93. The van der Waals surface area contributed by atoms with Crippen LogP contribution in [0.2, 0.25) is 5.15 Å². The Morgan fingerprint density at radius 1 is 1.36 bits per heavy atom. The molecule has 0 spiro atoms. The van der Waals surface area contributed by atoms with Crippen LogP contribution in [0.1, 0.15) is 31.9 Å². The number of nitriles is 1. The molecule has 3 aromatic heterocycles. The number of nitrogens with one attached hydrogen (secondary N) is 2. The van der Waals surface area contributed by atoms with E-state index in [1.807, 2.05) is 6.07 Å². The second-order valence-corrected chi connectivity index (χ2v) is 8.39. The first-order valence-corrected chi connectivity index (χ1v) is 11.1. The van der Waals surface area contributed by atoms with Crippen LogP contribution in [0.5, 0.6) is 0 Å². The zero-order chi connectivity index (χ0) is 26.0.